The summed E-state index contributed by atoms with van der Waals surface area (Å²) < 4.78 is 5.32. The van der Waals surface area contributed by atoms with Crippen LogP contribution in [0.4, 0.5) is 10.5 Å². The Kier molecular flexibility index (Phi) is 4.88. The summed E-state index contributed by atoms with van der Waals surface area (Å²) in [7, 11) is 0. The number of nitrogens with two attached hydrogens (primary N) is 1. The molecule has 0 bridgehead atoms. The van der Waals surface area contributed by atoms with Gasteiger partial charge in [-0.15, -0.1) is 0 Å². The maximum atomic E-state index is 12.3. The summed E-state index contributed by atoms with van der Waals surface area (Å²) in [4.78, 5) is 25.4. The Labute approximate surface area is 145 Å². The highest BCUT2D eigenvalue weighted by Gasteiger charge is 2.41. The molecule has 0 spiro atoms. The lowest BCUT2D eigenvalue weighted by molar-refractivity contribution is -0.141. The number of likely N-dealkylation sites (tertiary alicyclic amines) is 1. The minimum absolute atomic E-state index is 0.137. The largest absolute Gasteiger partial charge is 0.481 e. The Morgan fingerprint density at radius 1 is 1.08 bits per heavy atom. The van der Waals surface area contributed by atoms with E-state index in [1.165, 1.54) is 4.90 Å². The highest BCUT2D eigenvalue weighted by molar-refractivity contribution is 5.75. The molecule has 1 aliphatic heterocycles. The molecule has 2 aromatic rings. The van der Waals surface area contributed by atoms with Gasteiger partial charge in [0.2, 0.25) is 0 Å². The van der Waals surface area contributed by atoms with Crippen molar-refractivity contribution in [2.75, 3.05) is 18.8 Å². The van der Waals surface area contributed by atoms with E-state index in [9.17, 15) is 14.7 Å². The number of ether oxygens (including phenoxy) is 1. The Hall–Kier alpha value is -3.02. The fraction of sp³-hybridized carbons (Fsp3) is 0.263. The van der Waals surface area contributed by atoms with E-state index in [2.05, 4.69) is 0 Å². The van der Waals surface area contributed by atoms with Crippen molar-refractivity contribution >= 4 is 17.7 Å². The van der Waals surface area contributed by atoms with Gasteiger partial charge in [0.1, 0.15) is 6.61 Å². The topological polar surface area (TPSA) is 92.9 Å². The van der Waals surface area contributed by atoms with Gasteiger partial charge in [0, 0.05) is 24.7 Å². The maximum Gasteiger partial charge on any atom is 0.410 e. The number of hydrogen-bond donors (Lipinski definition) is 2. The molecular weight excluding hydrogens is 320 g/mol. The number of nitrogen functional groups attached to an aromatic ring is 1. The van der Waals surface area contributed by atoms with Crippen molar-refractivity contribution in [3.05, 3.63) is 65.7 Å². The van der Waals surface area contributed by atoms with Crippen LogP contribution in [0.15, 0.2) is 54.6 Å². The summed E-state index contributed by atoms with van der Waals surface area (Å²) >= 11 is 0. The zero-order valence-corrected chi connectivity index (χ0v) is 13.7. The van der Waals surface area contributed by atoms with Gasteiger partial charge in [-0.25, -0.2) is 4.79 Å². The third-order valence-corrected chi connectivity index (χ3v) is 4.47. The van der Waals surface area contributed by atoms with Crippen LogP contribution >= 0.6 is 0 Å². The summed E-state index contributed by atoms with van der Waals surface area (Å²) in [6.07, 6.45) is -0.493. The second-order valence-corrected chi connectivity index (χ2v) is 6.16. The fourth-order valence-corrected chi connectivity index (χ4v) is 3.09. The minimum Gasteiger partial charge on any atom is -0.481 e. The Bertz CT molecular complexity index is 746. The van der Waals surface area contributed by atoms with E-state index in [-0.39, 0.29) is 19.1 Å². The van der Waals surface area contributed by atoms with Crippen molar-refractivity contribution in [3.8, 4) is 0 Å². The van der Waals surface area contributed by atoms with Gasteiger partial charge < -0.3 is 20.5 Å². The predicted molar refractivity (Wildman–Crippen MR) is 92.9 cm³/mol. The molecule has 130 valence electrons. The standard InChI is InChI=1S/C19H20N2O4/c20-15-8-6-14(7-9-15)16-10-21(11-17(16)18(22)23)19(24)25-12-13-4-2-1-3-5-13/h1-9,16-17H,10-12,20H2,(H,22,23). The lowest BCUT2D eigenvalue weighted by Crippen LogP contribution is -2.30. The average molecular weight is 340 g/mol. The van der Waals surface area contributed by atoms with Crippen molar-refractivity contribution < 1.29 is 19.4 Å². The second-order valence-electron chi connectivity index (χ2n) is 6.16. The average Bonchev–Trinajstić information content (AvgIpc) is 3.07. The monoisotopic (exact) mass is 340 g/mol. The molecule has 3 rings (SSSR count). The van der Waals surface area contributed by atoms with Gasteiger partial charge in [-0.05, 0) is 23.3 Å². The molecule has 6 heteroatoms. The molecule has 25 heavy (non-hydrogen) atoms. The van der Waals surface area contributed by atoms with Gasteiger partial charge in [0.25, 0.3) is 0 Å². The molecule has 1 saturated heterocycles. The summed E-state index contributed by atoms with van der Waals surface area (Å²) in [5, 5.41) is 9.50. The molecule has 0 aliphatic carbocycles. The van der Waals surface area contributed by atoms with Crippen molar-refractivity contribution in [1.82, 2.24) is 4.90 Å². The number of carboxylic acid groups (broad SMARTS) is 1. The van der Waals surface area contributed by atoms with Gasteiger partial charge in [0.05, 0.1) is 5.92 Å². The SMILES string of the molecule is Nc1ccc(C2CN(C(=O)OCc3ccccc3)CC2C(=O)O)cc1. The first-order valence-electron chi connectivity index (χ1n) is 8.08. The number of hydrogen-bond acceptors (Lipinski definition) is 4. The van der Waals surface area contributed by atoms with E-state index in [4.69, 9.17) is 10.5 Å². The highest BCUT2D eigenvalue weighted by atomic mass is 16.6. The van der Waals surface area contributed by atoms with Crippen LogP contribution in [0.5, 0.6) is 0 Å². The van der Waals surface area contributed by atoms with Crippen LogP contribution in [0.25, 0.3) is 0 Å². The van der Waals surface area contributed by atoms with Crippen LogP contribution in [0.2, 0.25) is 0 Å². The number of carbonyl (C=O) groups excluding carboxylic acids is 1. The molecule has 1 fully saturated rings. The van der Waals surface area contributed by atoms with Crippen LogP contribution in [-0.2, 0) is 16.1 Å². The van der Waals surface area contributed by atoms with E-state index in [0.717, 1.165) is 11.1 Å². The number of benzene rings is 2. The second kappa shape index (κ2) is 7.25. The van der Waals surface area contributed by atoms with Crippen molar-refractivity contribution in [1.29, 1.82) is 0 Å². The van der Waals surface area contributed by atoms with Gasteiger partial charge in [0.15, 0.2) is 0 Å². The third-order valence-electron chi connectivity index (χ3n) is 4.47. The Morgan fingerprint density at radius 2 is 1.76 bits per heavy atom. The molecule has 3 N–H and O–H groups in total. The van der Waals surface area contributed by atoms with Gasteiger partial charge >= 0.3 is 12.1 Å². The summed E-state index contributed by atoms with van der Waals surface area (Å²) in [6, 6.07) is 16.5. The van der Waals surface area contributed by atoms with Gasteiger partial charge in [-0.1, -0.05) is 42.5 Å². The molecule has 2 atom stereocenters. The fourth-order valence-electron chi connectivity index (χ4n) is 3.09. The van der Waals surface area contributed by atoms with Crippen LogP contribution in [0.3, 0.4) is 0 Å². The number of anilines is 1. The number of aliphatic carboxylic acids is 1. The first-order chi connectivity index (χ1) is 12.0. The third kappa shape index (κ3) is 3.91. The molecule has 0 aromatic heterocycles. The molecule has 0 radical (unpaired) electrons. The normalized spacial score (nSPS) is 19.6. The van der Waals surface area contributed by atoms with E-state index in [1.807, 2.05) is 42.5 Å². The van der Waals surface area contributed by atoms with E-state index in [0.29, 0.717) is 12.2 Å². The lowest BCUT2D eigenvalue weighted by Gasteiger charge is -2.16. The number of nitrogens with zero attached hydrogens (tertiary/aromatic N) is 1. The summed E-state index contributed by atoms with van der Waals surface area (Å²) in [6.45, 7) is 0.618. The highest BCUT2D eigenvalue weighted by Crippen LogP contribution is 2.33. The van der Waals surface area contributed by atoms with Crippen LogP contribution < -0.4 is 5.73 Å². The molecule has 1 heterocycles. The first-order valence-corrected chi connectivity index (χ1v) is 8.08. The molecular formula is C19H20N2O4. The molecule has 0 saturated carbocycles. The van der Waals surface area contributed by atoms with Gasteiger partial charge in [-0.2, -0.15) is 0 Å². The smallest absolute Gasteiger partial charge is 0.410 e. The predicted octanol–water partition coefficient (Wildman–Crippen LogP) is 2.71. The number of amides is 1. The number of rotatable bonds is 4. The molecule has 2 unspecified atom stereocenters. The Balaban J connectivity index is 1.68. The lowest BCUT2D eigenvalue weighted by atomic mass is 9.89. The zero-order chi connectivity index (χ0) is 17.8. The van der Waals surface area contributed by atoms with Crippen molar-refractivity contribution in [2.45, 2.75) is 12.5 Å². The Morgan fingerprint density at radius 3 is 2.40 bits per heavy atom. The van der Waals surface area contributed by atoms with Crippen LogP contribution in [-0.4, -0.2) is 35.2 Å². The van der Waals surface area contributed by atoms with E-state index < -0.39 is 18.0 Å². The molecule has 1 aliphatic rings. The zero-order valence-electron chi connectivity index (χ0n) is 13.7. The van der Waals surface area contributed by atoms with Crippen LogP contribution in [0.1, 0.15) is 17.0 Å². The maximum absolute atomic E-state index is 12.3. The number of carboxylic acids is 1. The van der Waals surface area contributed by atoms with Crippen molar-refractivity contribution in [3.63, 3.8) is 0 Å². The van der Waals surface area contributed by atoms with E-state index >= 15 is 0 Å². The molecule has 1 amide bonds. The van der Waals surface area contributed by atoms with Crippen LogP contribution in [0, 0.1) is 5.92 Å². The number of carbonyl (C=O) groups is 2. The molecule has 2 aromatic carbocycles. The molecule has 6 nitrogen and oxygen atoms in total. The van der Waals surface area contributed by atoms with E-state index in [1.54, 1.807) is 12.1 Å². The quantitative estimate of drug-likeness (QED) is 0.835. The first kappa shape index (κ1) is 16.8. The summed E-state index contributed by atoms with van der Waals surface area (Å²) in [5.41, 5.74) is 8.06. The van der Waals surface area contributed by atoms with Gasteiger partial charge in [-0.3, -0.25) is 4.79 Å². The minimum atomic E-state index is -0.916. The summed E-state index contributed by atoms with van der Waals surface area (Å²) in [5.74, 6) is -1.85. The van der Waals surface area contributed by atoms with Crippen molar-refractivity contribution in [2.24, 2.45) is 5.92 Å².